The Hall–Kier alpha value is -1.96. The number of nitro groups is 1. The first-order valence-electron chi connectivity index (χ1n) is 6.36. The second kappa shape index (κ2) is 6.21. The predicted octanol–water partition coefficient (Wildman–Crippen LogP) is 2.34. The average molecular weight is 357 g/mol. The van der Waals surface area contributed by atoms with Gasteiger partial charge in [0.2, 0.25) is 0 Å². The molecule has 2 N–H and O–H groups in total. The Morgan fingerprint density at radius 3 is 2.67 bits per heavy atom. The van der Waals surface area contributed by atoms with Crippen LogP contribution in [0, 0.1) is 16.0 Å². The molecule has 0 bridgehead atoms. The van der Waals surface area contributed by atoms with Crippen molar-refractivity contribution < 1.29 is 19.6 Å². The smallest absolute Gasteiger partial charge is 0.306 e. The maximum Gasteiger partial charge on any atom is 0.306 e. The molecule has 1 aliphatic carbocycles. The van der Waals surface area contributed by atoms with E-state index in [4.69, 9.17) is 5.11 Å². The maximum absolute atomic E-state index is 12.1. The zero-order valence-corrected chi connectivity index (χ0v) is 12.5. The largest absolute Gasteiger partial charge is 0.481 e. The van der Waals surface area contributed by atoms with E-state index < -0.39 is 22.7 Å². The highest BCUT2D eigenvalue weighted by molar-refractivity contribution is 9.10. The van der Waals surface area contributed by atoms with Crippen molar-refractivity contribution in [3.8, 4) is 0 Å². The van der Waals surface area contributed by atoms with Crippen molar-refractivity contribution in [1.82, 2.24) is 5.32 Å². The maximum atomic E-state index is 12.1. The summed E-state index contributed by atoms with van der Waals surface area (Å²) >= 11 is 3.05. The topological polar surface area (TPSA) is 110 Å². The van der Waals surface area contributed by atoms with Crippen LogP contribution in [0.15, 0.2) is 22.7 Å². The molecule has 0 heterocycles. The highest BCUT2D eigenvalue weighted by atomic mass is 79.9. The van der Waals surface area contributed by atoms with Crippen molar-refractivity contribution in [1.29, 1.82) is 0 Å². The molecular weight excluding hydrogens is 344 g/mol. The van der Waals surface area contributed by atoms with Gasteiger partial charge in [0.05, 0.1) is 15.3 Å². The lowest BCUT2D eigenvalue weighted by Crippen LogP contribution is -2.33. The highest BCUT2D eigenvalue weighted by Gasteiger charge is 2.30. The van der Waals surface area contributed by atoms with Gasteiger partial charge in [-0.3, -0.25) is 19.7 Å². The lowest BCUT2D eigenvalue weighted by atomic mass is 10.1. The third-order valence-corrected chi connectivity index (χ3v) is 4.19. The molecular formula is C13H13BrN2O5. The second-order valence-corrected chi connectivity index (χ2v) is 5.80. The van der Waals surface area contributed by atoms with Crippen molar-refractivity contribution >= 4 is 33.5 Å². The molecule has 7 nitrogen and oxygen atoms in total. The molecule has 1 fully saturated rings. The summed E-state index contributed by atoms with van der Waals surface area (Å²) in [5.74, 6) is -1.72. The number of nitrogens with zero attached hydrogens (tertiary/aromatic N) is 1. The fourth-order valence-electron chi connectivity index (χ4n) is 2.40. The van der Waals surface area contributed by atoms with Crippen molar-refractivity contribution in [2.75, 3.05) is 0 Å². The Balaban J connectivity index is 2.06. The Bertz CT molecular complexity index is 604. The number of aliphatic carboxylic acids is 1. The van der Waals surface area contributed by atoms with Crippen LogP contribution in [-0.2, 0) is 4.79 Å². The van der Waals surface area contributed by atoms with Crippen LogP contribution in [0.4, 0.5) is 5.69 Å². The molecule has 1 amide bonds. The average Bonchev–Trinajstić information content (AvgIpc) is 2.87. The Kier molecular flexibility index (Phi) is 4.56. The van der Waals surface area contributed by atoms with E-state index >= 15 is 0 Å². The summed E-state index contributed by atoms with van der Waals surface area (Å²) in [4.78, 5) is 33.2. The van der Waals surface area contributed by atoms with E-state index in [2.05, 4.69) is 21.2 Å². The van der Waals surface area contributed by atoms with Crippen molar-refractivity contribution in [2.24, 2.45) is 5.92 Å². The highest BCUT2D eigenvalue weighted by Crippen LogP contribution is 2.27. The molecule has 2 rings (SSSR count). The van der Waals surface area contributed by atoms with Gasteiger partial charge in [-0.1, -0.05) is 0 Å². The number of carboxylic acids is 1. The van der Waals surface area contributed by atoms with Crippen molar-refractivity contribution in [3.63, 3.8) is 0 Å². The molecule has 1 aromatic rings. The first kappa shape index (κ1) is 15.4. The van der Waals surface area contributed by atoms with Gasteiger partial charge in [-0.2, -0.15) is 0 Å². The van der Waals surface area contributed by atoms with Gasteiger partial charge in [-0.15, -0.1) is 0 Å². The minimum Gasteiger partial charge on any atom is -0.481 e. The molecule has 8 heteroatoms. The number of nitrogens with one attached hydrogen (secondary N) is 1. The van der Waals surface area contributed by atoms with E-state index in [1.54, 1.807) is 0 Å². The van der Waals surface area contributed by atoms with Crippen LogP contribution in [0.1, 0.15) is 29.6 Å². The normalized spacial score (nSPS) is 21.0. The lowest BCUT2D eigenvalue weighted by molar-refractivity contribution is -0.385. The molecule has 2 atom stereocenters. The van der Waals surface area contributed by atoms with Crippen LogP contribution < -0.4 is 5.32 Å². The fourth-order valence-corrected chi connectivity index (χ4v) is 2.79. The minimum absolute atomic E-state index is 0.183. The molecule has 0 aliphatic heterocycles. The van der Waals surface area contributed by atoms with E-state index in [1.165, 1.54) is 18.2 Å². The number of hydrogen-bond acceptors (Lipinski definition) is 4. The third kappa shape index (κ3) is 3.57. The van der Waals surface area contributed by atoms with Gasteiger partial charge >= 0.3 is 5.97 Å². The van der Waals surface area contributed by atoms with E-state index in [0.29, 0.717) is 23.7 Å². The van der Waals surface area contributed by atoms with Crippen LogP contribution in [0.25, 0.3) is 0 Å². The summed E-state index contributed by atoms with van der Waals surface area (Å²) in [5, 5.41) is 22.5. The van der Waals surface area contributed by atoms with Gasteiger partial charge in [-0.25, -0.2) is 0 Å². The van der Waals surface area contributed by atoms with Crippen molar-refractivity contribution in [2.45, 2.75) is 25.3 Å². The van der Waals surface area contributed by atoms with E-state index in [0.717, 1.165) is 0 Å². The number of nitro benzene ring substituents is 1. The second-order valence-electron chi connectivity index (χ2n) is 4.94. The molecule has 112 valence electrons. The standard InChI is InChI=1S/C13H13BrN2O5/c14-10-4-2-7(6-11(10)16(20)21)12(17)15-9-3-1-8(5-9)13(18)19/h2,4,6,8-9H,1,3,5H2,(H,15,17)(H,18,19)/t8-,9+/m1/s1. The number of rotatable bonds is 4. The Morgan fingerprint density at radius 2 is 2.10 bits per heavy atom. The van der Waals surface area contributed by atoms with Crippen LogP contribution in [0.5, 0.6) is 0 Å². The van der Waals surface area contributed by atoms with Crippen molar-refractivity contribution in [3.05, 3.63) is 38.3 Å². The summed E-state index contributed by atoms with van der Waals surface area (Å²) in [6, 6.07) is 3.92. The number of amides is 1. The monoisotopic (exact) mass is 356 g/mol. The molecule has 0 aromatic heterocycles. The first-order valence-corrected chi connectivity index (χ1v) is 7.15. The summed E-state index contributed by atoms with van der Waals surface area (Å²) in [6.45, 7) is 0. The SMILES string of the molecule is O=C(N[C@H]1CC[C@@H](C(=O)O)C1)c1ccc(Br)c([N+](=O)[O-])c1. The van der Waals surface area contributed by atoms with Gasteiger partial charge in [0.25, 0.3) is 11.6 Å². The summed E-state index contributed by atoms with van der Waals surface area (Å²) < 4.78 is 0.302. The number of carboxylic acid groups (broad SMARTS) is 1. The quantitative estimate of drug-likeness (QED) is 0.635. The summed E-state index contributed by atoms with van der Waals surface area (Å²) in [7, 11) is 0. The Morgan fingerprint density at radius 1 is 1.38 bits per heavy atom. The molecule has 0 unspecified atom stereocenters. The van der Waals surface area contributed by atoms with Gasteiger partial charge < -0.3 is 10.4 Å². The molecule has 1 aromatic carbocycles. The fraction of sp³-hybridized carbons (Fsp3) is 0.385. The lowest BCUT2D eigenvalue weighted by Gasteiger charge is -2.12. The molecule has 1 aliphatic rings. The van der Waals surface area contributed by atoms with E-state index in [9.17, 15) is 19.7 Å². The minimum atomic E-state index is -0.856. The molecule has 1 saturated carbocycles. The van der Waals surface area contributed by atoms with Crippen LogP contribution in [0.2, 0.25) is 0 Å². The van der Waals surface area contributed by atoms with Crippen LogP contribution in [0.3, 0.4) is 0 Å². The summed E-state index contributed by atoms with van der Waals surface area (Å²) in [6.07, 6.45) is 1.52. The number of carbonyl (C=O) groups excluding carboxylic acids is 1. The number of carbonyl (C=O) groups is 2. The van der Waals surface area contributed by atoms with Gasteiger partial charge in [0.15, 0.2) is 0 Å². The zero-order chi connectivity index (χ0) is 15.6. The number of hydrogen-bond donors (Lipinski definition) is 2. The first-order chi connectivity index (χ1) is 9.88. The zero-order valence-electron chi connectivity index (χ0n) is 10.9. The van der Waals surface area contributed by atoms with E-state index in [1.807, 2.05) is 0 Å². The van der Waals surface area contributed by atoms with Gasteiger partial charge in [0.1, 0.15) is 0 Å². The molecule has 0 saturated heterocycles. The summed E-state index contributed by atoms with van der Waals surface area (Å²) in [5.41, 5.74) is 0.00107. The molecule has 21 heavy (non-hydrogen) atoms. The predicted molar refractivity (Wildman–Crippen MR) is 77.0 cm³/mol. The van der Waals surface area contributed by atoms with Crippen LogP contribution in [-0.4, -0.2) is 27.9 Å². The van der Waals surface area contributed by atoms with E-state index in [-0.39, 0.29) is 17.3 Å². The molecule has 0 spiro atoms. The molecule has 0 radical (unpaired) electrons. The van der Waals surface area contributed by atoms with Gasteiger partial charge in [0, 0.05) is 17.7 Å². The number of halogens is 1. The van der Waals surface area contributed by atoms with Crippen LogP contribution >= 0.6 is 15.9 Å². The Labute approximate surface area is 128 Å². The van der Waals surface area contributed by atoms with Gasteiger partial charge in [-0.05, 0) is 47.3 Å². The third-order valence-electron chi connectivity index (χ3n) is 3.52. The number of benzene rings is 1.